The van der Waals surface area contributed by atoms with Crippen molar-refractivity contribution >= 4 is 0 Å². The van der Waals surface area contributed by atoms with Crippen LogP contribution in [-0.4, -0.2) is 23.9 Å². The number of nitrogens with zero attached hydrogens (tertiary/aromatic N) is 1. The van der Waals surface area contributed by atoms with Gasteiger partial charge in [-0.2, -0.15) is 5.26 Å². The Hall–Kier alpha value is -0.850. The fraction of sp³-hybridized carbons (Fsp3) is 0.625. The van der Waals surface area contributed by atoms with Crippen LogP contribution in [0.4, 0.5) is 0 Å². The van der Waals surface area contributed by atoms with Gasteiger partial charge in [0.15, 0.2) is 0 Å². The summed E-state index contributed by atoms with van der Waals surface area (Å²) in [5.41, 5.74) is 0. The minimum absolute atomic E-state index is 0.170. The van der Waals surface area contributed by atoms with E-state index in [1.807, 2.05) is 13.0 Å². The van der Waals surface area contributed by atoms with Gasteiger partial charge in [0.2, 0.25) is 0 Å². The highest BCUT2D eigenvalue weighted by Gasteiger charge is 2.30. The molecule has 0 saturated carbocycles. The third-order valence-corrected chi connectivity index (χ3v) is 1.83. The number of rotatable bonds is 1. The van der Waals surface area contributed by atoms with Crippen molar-refractivity contribution < 1.29 is 9.84 Å². The summed E-state index contributed by atoms with van der Waals surface area (Å²) >= 11 is 0. The summed E-state index contributed by atoms with van der Waals surface area (Å²) in [4.78, 5) is 0. The first-order valence-electron chi connectivity index (χ1n) is 3.61. The van der Waals surface area contributed by atoms with Crippen LogP contribution in [0.2, 0.25) is 0 Å². The highest BCUT2D eigenvalue weighted by molar-refractivity contribution is 5.07. The number of ether oxygens (including phenoxy) is 1. The van der Waals surface area contributed by atoms with Crippen molar-refractivity contribution in [1.82, 2.24) is 0 Å². The minimum atomic E-state index is -0.459. The summed E-state index contributed by atoms with van der Waals surface area (Å²) in [5.74, 6) is 0.170. The second kappa shape index (κ2) is 3.51. The average molecular weight is 153 g/mol. The van der Waals surface area contributed by atoms with Crippen LogP contribution in [0.3, 0.4) is 0 Å². The van der Waals surface area contributed by atoms with E-state index in [4.69, 9.17) is 10.00 Å². The zero-order valence-electron chi connectivity index (χ0n) is 6.40. The molecule has 1 aliphatic heterocycles. The molecule has 0 aromatic carbocycles. The van der Waals surface area contributed by atoms with Gasteiger partial charge in [0.25, 0.3) is 0 Å². The summed E-state index contributed by atoms with van der Waals surface area (Å²) in [7, 11) is 0. The molecule has 0 bridgehead atoms. The summed E-state index contributed by atoms with van der Waals surface area (Å²) in [6.07, 6.45) is 2.18. The lowest BCUT2D eigenvalue weighted by Gasteiger charge is -2.09. The zero-order chi connectivity index (χ0) is 8.27. The average Bonchev–Trinajstić information content (AvgIpc) is 2.31. The maximum Gasteiger partial charge on any atom is 0.103 e. The van der Waals surface area contributed by atoms with Crippen LogP contribution in [0.1, 0.15) is 6.92 Å². The maximum atomic E-state index is 9.40. The van der Waals surface area contributed by atoms with Gasteiger partial charge in [0.05, 0.1) is 18.8 Å². The zero-order valence-corrected chi connectivity index (χ0v) is 6.40. The summed E-state index contributed by atoms with van der Waals surface area (Å²) < 4.78 is 5.19. The van der Waals surface area contributed by atoms with Gasteiger partial charge in [-0.25, -0.2) is 0 Å². The molecule has 1 heterocycles. The maximum absolute atomic E-state index is 9.40. The second-order valence-electron chi connectivity index (χ2n) is 2.75. The molecule has 3 nitrogen and oxygen atoms in total. The van der Waals surface area contributed by atoms with Crippen molar-refractivity contribution in [2.24, 2.45) is 5.92 Å². The van der Waals surface area contributed by atoms with Crippen LogP contribution in [0, 0.1) is 17.2 Å². The number of allylic oxidation sites excluding steroid dienone is 1. The quantitative estimate of drug-likeness (QED) is 0.557. The molecule has 11 heavy (non-hydrogen) atoms. The summed E-state index contributed by atoms with van der Waals surface area (Å²) in [5, 5.41) is 17.6. The number of hydrogen-bond donors (Lipinski definition) is 1. The molecule has 0 aliphatic carbocycles. The van der Waals surface area contributed by atoms with E-state index in [2.05, 4.69) is 0 Å². The molecule has 0 radical (unpaired) electrons. The minimum Gasteiger partial charge on any atom is -0.390 e. The fourth-order valence-corrected chi connectivity index (χ4v) is 1.09. The van der Waals surface area contributed by atoms with Gasteiger partial charge < -0.3 is 9.84 Å². The van der Waals surface area contributed by atoms with Gasteiger partial charge in [0, 0.05) is 12.0 Å². The van der Waals surface area contributed by atoms with Crippen molar-refractivity contribution in [3.63, 3.8) is 0 Å². The van der Waals surface area contributed by atoms with Crippen LogP contribution in [0.25, 0.3) is 0 Å². The van der Waals surface area contributed by atoms with E-state index in [1.165, 1.54) is 6.08 Å². The number of nitriles is 1. The van der Waals surface area contributed by atoms with Gasteiger partial charge in [0.1, 0.15) is 6.10 Å². The monoisotopic (exact) mass is 153 g/mol. The van der Waals surface area contributed by atoms with Crippen LogP contribution in [0.5, 0.6) is 0 Å². The van der Waals surface area contributed by atoms with Crippen LogP contribution >= 0.6 is 0 Å². The molecule has 0 aromatic rings. The molecule has 0 spiro atoms. The SMILES string of the molecule is C[C@H]1CO[C@H](/C=C/C#N)[C@@H]1O. The van der Waals surface area contributed by atoms with Crippen LogP contribution in [-0.2, 0) is 4.74 Å². The Morgan fingerprint density at radius 2 is 2.45 bits per heavy atom. The number of aliphatic hydroxyl groups excluding tert-OH is 1. The lowest BCUT2D eigenvalue weighted by atomic mass is 10.0. The van der Waals surface area contributed by atoms with Gasteiger partial charge in [-0.05, 0) is 6.08 Å². The highest BCUT2D eigenvalue weighted by atomic mass is 16.5. The number of hydrogen-bond acceptors (Lipinski definition) is 3. The van der Waals surface area contributed by atoms with Gasteiger partial charge in [-0.3, -0.25) is 0 Å². The summed E-state index contributed by atoms with van der Waals surface area (Å²) in [6.45, 7) is 2.49. The van der Waals surface area contributed by atoms with E-state index in [0.717, 1.165) is 0 Å². The third-order valence-electron chi connectivity index (χ3n) is 1.83. The van der Waals surface area contributed by atoms with Crippen LogP contribution in [0.15, 0.2) is 12.2 Å². The normalized spacial score (nSPS) is 37.7. The molecular formula is C8H11NO2. The fourth-order valence-electron chi connectivity index (χ4n) is 1.09. The molecule has 3 heteroatoms. The van der Waals surface area contributed by atoms with E-state index in [1.54, 1.807) is 6.08 Å². The van der Waals surface area contributed by atoms with Crippen molar-refractivity contribution in [1.29, 1.82) is 5.26 Å². The molecule has 60 valence electrons. The first kappa shape index (κ1) is 8.25. The van der Waals surface area contributed by atoms with E-state index in [0.29, 0.717) is 6.61 Å². The molecule has 1 aliphatic rings. The molecule has 1 N–H and O–H groups in total. The van der Waals surface area contributed by atoms with Crippen molar-refractivity contribution in [3.05, 3.63) is 12.2 Å². The molecule has 1 rings (SSSR count). The smallest absolute Gasteiger partial charge is 0.103 e. The molecule has 0 aromatic heterocycles. The molecule has 1 saturated heterocycles. The van der Waals surface area contributed by atoms with Crippen molar-refractivity contribution in [2.45, 2.75) is 19.1 Å². The largest absolute Gasteiger partial charge is 0.390 e. The predicted octanol–water partition coefficient (Wildman–Crippen LogP) is 0.462. The second-order valence-corrected chi connectivity index (χ2v) is 2.75. The topological polar surface area (TPSA) is 53.2 Å². The Morgan fingerprint density at radius 3 is 2.91 bits per heavy atom. The van der Waals surface area contributed by atoms with Crippen molar-refractivity contribution in [2.75, 3.05) is 6.61 Å². The van der Waals surface area contributed by atoms with E-state index < -0.39 is 6.10 Å². The molecule has 0 unspecified atom stereocenters. The Labute approximate surface area is 65.9 Å². The predicted molar refractivity (Wildman–Crippen MR) is 39.7 cm³/mol. The first-order chi connectivity index (χ1) is 5.25. The first-order valence-corrected chi connectivity index (χ1v) is 3.61. The van der Waals surface area contributed by atoms with Gasteiger partial charge >= 0.3 is 0 Å². The third kappa shape index (κ3) is 1.79. The molecule has 1 fully saturated rings. The summed E-state index contributed by atoms with van der Waals surface area (Å²) in [6, 6.07) is 1.86. The Balaban J connectivity index is 2.50. The highest BCUT2D eigenvalue weighted by Crippen LogP contribution is 2.20. The Bertz CT molecular complexity index is 195. The molecule has 0 amide bonds. The van der Waals surface area contributed by atoms with Crippen LogP contribution < -0.4 is 0 Å². The molecular weight excluding hydrogens is 142 g/mol. The van der Waals surface area contributed by atoms with Crippen molar-refractivity contribution in [3.8, 4) is 6.07 Å². The lowest BCUT2D eigenvalue weighted by Crippen LogP contribution is -2.22. The van der Waals surface area contributed by atoms with E-state index >= 15 is 0 Å². The van der Waals surface area contributed by atoms with Gasteiger partial charge in [-0.15, -0.1) is 0 Å². The standard InChI is InChI=1S/C8H11NO2/c1-6-5-11-7(8(6)10)3-2-4-9/h2-3,6-8,10H,5H2,1H3/b3-2+/t6-,7+,8+/m0/s1. The van der Waals surface area contributed by atoms with Gasteiger partial charge in [-0.1, -0.05) is 6.92 Å². The molecule has 3 atom stereocenters. The Morgan fingerprint density at radius 1 is 1.73 bits per heavy atom. The van der Waals surface area contributed by atoms with E-state index in [-0.39, 0.29) is 12.0 Å². The Kier molecular flexibility index (Phi) is 2.64. The number of aliphatic hydroxyl groups is 1. The lowest BCUT2D eigenvalue weighted by molar-refractivity contribution is 0.0712. The van der Waals surface area contributed by atoms with E-state index in [9.17, 15) is 5.11 Å².